The van der Waals surface area contributed by atoms with Gasteiger partial charge in [0.25, 0.3) is 0 Å². The molecular weight excluding hydrogens is 192 g/mol. The SMILES string of the molecule is COc1cccc(NC(=O)C(C)(C)C)n1. The van der Waals surface area contributed by atoms with Crippen molar-refractivity contribution in [2.45, 2.75) is 20.8 Å². The van der Waals surface area contributed by atoms with Gasteiger partial charge in [0.1, 0.15) is 5.82 Å². The van der Waals surface area contributed by atoms with Crippen molar-refractivity contribution in [3.8, 4) is 5.88 Å². The zero-order valence-corrected chi connectivity index (χ0v) is 9.50. The quantitative estimate of drug-likeness (QED) is 0.809. The number of aromatic nitrogens is 1. The monoisotopic (exact) mass is 208 g/mol. The van der Waals surface area contributed by atoms with Crippen LogP contribution < -0.4 is 10.1 Å². The van der Waals surface area contributed by atoms with E-state index in [-0.39, 0.29) is 5.91 Å². The molecule has 0 atom stereocenters. The highest BCUT2D eigenvalue weighted by atomic mass is 16.5. The van der Waals surface area contributed by atoms with E-state index in [2.05, 4.69) is 10.3 Å². The lowest BCUT2D eigenvalue weighted by molar-refractivity contribution is -0.123. The molecule has 0 unspecified atom stereocenters. The number of amides is 1. The summed E-state index contributed by atoms with van der Waals surface area (Å²) in [6, 6.07) is 5.24. The van der Waals surface area contributed by atoms with Crippen LogP contribution in [0.15, 0.2) is 18.2 Å². The van der Waals surface area contributed by atoms with E-state index in [1.54, 1.807) is 18.2 Å². The van der Waals surface area contributed by atoms with Crippen molar-refractivity contribution >= 4 is 11.7 Å². The van der Waals surface area contributed by atoms with Gasteiger partial charge in [-0.1, -0.05) is 26.8 Å². The molecule has 1 N–H and O–H groups in total. The summed E-state index contributed by atoms with van der Waals surface area (Å²) in [5, 5.41) is 2.73. The van der Waals surface area contributed by atoms with Gasteiger partial charge in [-0.25, -0.2) is 0 Å². The molecule has 82 valence electrons. The molecule has 0 aliphatic rings. The Kier molecular flexibility index (Phi) is 3.29. The standard InChI is InChI=1S/C11H16N2O2/c1-11(2,3)10(14)13-8-6-5-7-9(12-8)15-4/h5-7H,1-4H3,(H,12,13,14). The van der Waals surface area contributed by atoms with Crippen LogP contribution in [0.25, 0.3) is 0 Å². The molecule has 15 heavy (non-hydrogen) atoms. The van der Waals surface area contributed by atoms with Gasteiger partial charge in [0.05, 0.1) is 7.11 Å². The molecule has 1 heterocycles. The Morgan fingerprint density at radius 1 is 1.40 bits per heavy atom. The fraction of sp³-hybridized carbons (Fsp3) is 0.455. The Balaban J connectivity index is 2.77. The number of methoxy groups -OCH3 is 1. The zero-order chi connectivity index (χ0) is 11.5. The highest BCUT2D eigenvalue weighted by Gasteiger charge is 2.21. The fourth-order valence-electron chi connectivity index (χ4n) is 0.902. The number of hydrogen-bond donors (Lipinski definition) is 1. The Hall–Kier alpha value is -1.58. The lowest BCUT2D eigenvalue weighted by atomic mass is 9.96. The van der Waals surface area contributed by atoms with Crippen LogP contribution in [0.3, 0.4) is 0 Å². The Morgan fingerprint density at radius 2 is 2.07 bits per heavy atom. The van der Waals surface area contributed by atoms with Crippen molar-refractivity contribution < 1.29 is 9.53 Å². The molecule has 0 aliphatic carbocycles. The number of nitrogens with one attached hydrogen (secondary N) is 1. The molecule has 0 fully saturated rings. The molecule has 0 radical (unpaired) electrons. The lowest BCUT2D eigenvalue weighted by Crippen LogP contribution is -2.28. The van der Waals surface area contributed by atoms with Crippen LogP contribution in [-0.4, -0.2) is 18.0 Å². The minimum atomic E-state index is -0.426. The molecule has 0 aliphatic heterocycles. The zero-order valence-electron chi connectivity index (χ0n) is 9.50. The first-order valence-electron chi connectivity index (χ1n) is 4.76. The summed E-state index contributed by atoms with van der Waals surface area (Å²) in [5.74, 6) is 0.930. The molecule has 0 spiro atoms. The van der Waals surface area contributed by atoms with Crippen molar-refractivity contribution in [1.29, 1.82) is 0 Å². The fourth-order valence-corrected chi connectivity index (χ4v) is 0.902. The summed E-state index contributed by atoms with van der Waals surface area (Å²) in [7, 11) is 1.54. The predicted molar refractivity (Wildman–Crippen MR) is 58.9 cm³/mol. The van der Waals surface area contributed by atoms with E-state index in [0.717, 1.165) is 0 Å². The van der Waals surface area contributed by atoms with Crippen molar-refractivity contribution in [1.82, 2.24) is 4.98 Å². The van der Waals surface area contributed by atoms with Crippen LogP contribution in [-0.2, 0) is 4.79 Å². The highest BCUT2D eigenvalue weighted by Crippen LogP contribution is 2.17. The third-order valence-electron chi connectivity index (χ3n) is 1.86. The molecule has 0 saturated heterocycles. The van der Waals surface area contributed by atoms with E-state index in [1.807, 2.05) is 20.8 Å². The molecule has 4 heteroatoms. The molecule has 1 amide bonds. The van der Waals surface area contributed by atoms with Crippen LogP contribution >= 0.6 is 0 Å². The van der Waals surface area contributed by atoms with E-state index in [1.165, 1.54) is 7.11 Å². The van der Waals surface area contributed by atoms with E-state index in [0.29, 0.717) is 11.7 Å². The van der Waals surface area contributed by atoms with Gasteiger partial charge in [0, 0.05) is 11.5 Å². The number of hydrogen-bond acceptors (Lipinski definition) is 3. The van der Waals surface area contributed by atoms with E-state index in [4.69, 9.17) is 4.74 Å². The van der Waals surface area contributed by atoms with Gasteiger partial charge in [0.15, 0.2) is 0 Å². The maximum absolute atomic E-state index is 11.6. The number of ether oxygens (including phenoxy) is 1. The second-order valence-electron chi connectivity index (χ2n) is 4.27. The Morgan fingerprint density at radius 3 is 2.60 bits per heavy atom. The minimum Gasteiger partial charge on any atom is -0.481 e. The Labute approximate surface area is 89.7 Å². The molecule has 0 aromatic carbocycles. The van der Waals surface area contributed by atoms with Gasteiger partial charge >= 0.3 is 0 Å². The first kappa shape index (κ1) is 11.5. The average molecular weight is 208 g/mol. The molecule has 4 nitrogen and oxygen atoms in total. The minimum absolute atomic E-state index is 0.0664. The maximum atomic E-state index is 11.6. The van der Waals surface area contributed by atoms with E-state index in [9.17, 15) is 4.79 Å². The summed E-state index contributed by atoms with van der Waals surface area (Å²) in [5.41, 5.74) is -0.426. The van der Waals surface area contributed by atoms with Gasteiger partial charge in [-0.05, 0) is 6.07 Å². The van der Waals surface area contributed by atoms with Gasteiger partial charge in [-0.2, -0.15) is 4.98 Å². The summed E-state index contributed by atoms with van der Waals surface area (Å²) in [6.45, 7) is 5.55. The van der Waals surface area contributed by atoms with Crippen LogP contribution in [0.4, 0.5) is 5.82 Å². The summed E-state index contributed by atoms with van der Waals surface area (Å²) in [6.07, 6.45) is 0. The topological polar surface area (TPSA) is 51.2 Å². The number of rotatable bonds is 2. The van der Waals surface area contributed by atoms with Crippen LogP contribution in [0, 0.1) is 5.41 Å². The van der Waals surface area contributed by atoms with Crippen molar-refractivity contribution in [2.75, 3.05) is 12.4 Å². The molecule has 1 rings (SSSR count). The largest absolute Gasteiger partial charge is 0.481 e. The van der Waals surface area contributed by atoms with Crippen molar-refractivity contribution in [3.63, 3.8) is 0 Å². The number of nitrogens with zero attached hydrogens (tertiary/aromatic N) is 1. The maximum Gasteiger partial charge on any atom is 0.230 e. The highest BCUT2D eigenvalue weighted by molar-refractivity contribution is 5.93. The van der Waals surface area contributed by atoms with Crippen LogP contribution in [0.5, 0.6) is 5.88 Å². The van der Waals surface area contributed by atoms with Gasteiger partial charge in [0.2, 0.25) is 11.8 Å². The first-order valence-corrected chi connectivity index (χ1v) is 4.76. The second-order valence-corrected chi connectivity index (χ2v) is 4.27. The molecule has 1 aromatic rings. The third-order valence-corrected chi connectivity index (χ3v) is 1.86. The Bertz CT molecular complexity index is 356. The number of carbonyl (C=O) groups excluding carboxylic acids is 1. The number of carbonyl (C=O) groups is 1. The summed E-state index contributed by atoms with van der Waals surface area (Å²) in [4.78, 5) is 15.7. The molecule has 1 aromatic heterocycles. The second kappa shape index (κ2) is 4.29. The van der Waals surface area contributed by atoms with Gasteiger partial charge in [-0.3, -0.25) is 4.79 Å². The smallest absolute Gasteiger partial charge is 0.230 e. The summed E-state index contributed by atoms with van der Waals surface area (Å²) < 4.78 is 4.96. The normalized spacial score (nSPS) is 10.9. The third kappa shape index (κ3) is 3.23. The number of pyridine rings is 1. The number of anilines is 1. The van der Waals surface area contributed by atoms with Crippen LogP contribution in [0.2, 0.25) is 0 Å². The molecule has 0 saturated carbocycles. The summed E-state index contributed by atoms with van der Waals surface area (Å²) >= 11 is 0. The van der Waals surface area contributed by atoms with Gasteiger partial charge < -0.3 is 10.1 Å². The van der Waals surface area contributed by atoms with E-state index >= 15 is 0 Å². The first-order chi connectivity index (χ1) is 6.93. The van der Waals surface area contributed by atoms with Crippen molar-refractivity contribution in [3.05, 3.63) is 18.2 Å². The van der Waals surface area contributed by atoms with Crippen molar-refractivity contribution in [2.24, 2.45) is 5.41 Å². The predicted octanol–water partition coefficient (Wildman–Crippen LogP) is 2.07. The average Bonchev–Trinajstić information content (AvgIpc) is 2.16. The van der Waals surface area contributed by atoms with E-state index < -0.39 is 5.41 Å². The molecular formula is C11H16N2O2. The molecule has 0 bridgehead atoms. The van der Waals surface area contributed by atoms with Gasteiger partial charge in [-0.15, -0.1) is 0 Å². The van der Waals surface area contributed by atoms with Crippen LogP contribution in [0.1, 0.15) is 20.8 Å². The lowest BCUT2D eigenvalue weighted by Gasteiger charge is -2.17.